The van der Waals surface area contributed by atoms with E-state index in [4.69, 9.17) is 5.41 Å². The molecule has 1 aliphatic heterocycles. The Kier molecular flexibility index (Phi) is 2.57. The predicted octanol–water partition coefficient (Wildman–Crippen LogP) is 1.21. The van der Waals surface area contributed by atoms with Crippen molar-refractivity contribution in [2.75, 3.05) is 13.1 Å². The molecule has 4 nitrogen and oxygen atoms in total. The van der Waals surface area contributed by atoms with Crippen molar-refractivity contribution in [3.63, 3.8) is 0 Å². The van der Waals surface area contributed by atoms with Crippen LogP contribution in [0.15, 0.2) is 5.18 Å². The molecule has 0 bridgehead atoms. The summed E-state index contributed by atoms with van der Waals surface area (Å²) in [6.45, 7) is 3.39. The van der Waals surface area contributed by atoms with Crippen LogP contribution in [0, 0.1) is 10.3 Å². The molecule has 0 aromatic rings. The quantitative estimate of drug-likeness (QED) is 0.351. The minimum Gasteiger partial charge on any atom is -0.361 e. The maximum atomic E-state index is 10.1. The average molecular weight is 155 g/mol. The second kappa shape index (κ2) is 3.46. The van der Waals surface area contributed by atoms with Crippen LogP contribution in [0.25, 0.3) is 0 Å². The summed E-state index contributed by atoms with van der Waals surface area (Å²) in [5.74, 6) is 0.592. The van der Waals surface area contributed by atoms with Crippen molar-refractivity contribution in [2.24, 2.45) is 5.18 Å². The van der Waals surface area contributed by atoms with Crippen molar-refractivity contribution in [2.45, 2.75) is 25.8 Å². The molecule has 0 saturated carbocycles. The van der Waals surface area contributed by atoms with E-state index in [1.165, 1.54) is 0 Å². The van der Waals surface area contributed by atoms with Gasteiger partial charge in [-0.15, -0.1) is 0 Å². The molecule has 0 radical (unpaired) electrons. The molecule has 0 unspecified atom stereocenters. The minimum atomic E-state index is -0.00870. The minimum absolute atomic E-state index is 0.00870. The van der Waals surface area contributed by atoms with E-state index in [-0.39, 0.29) is 6.04 Å². The van der Waals surface area contributed by atoms with Gasteiger partial charge in [-0.25, -0.2) is 0 Å². The number of nitroso groups, excluding NO2 is 1. The van der Waals surface area contributed by atoms with Gasteiger partial charge in [-0.2, -0.15) is 4.91 Å². The molecule has 11 heavy (non-hydrogen) atoms. The molecule has 1 heterocycles. The molecule has 1 N–H and O–H groups in total. The first kappa shape index (κ1) is 8.17. The van der Waals surface area contributed by atoms with Gasteiger partial charge in [-0.05, 0) is 19.8 Å². The van der Waals surface area contributed by atoms with E-state index in [1.54, 1.807) is 6.92 Å². The number of amidine groups is 1. The van der Waals surface area contributed by atoms with Gasteiger partial charge < -0.3 is 4.90 Å². The summed E-state index contributed by atoms with van der Waals surface area (Å²) in [5.41, 5.74) is 0. The van der Waals surface area contributed by atoms with Crippen LogP contribution in [-0.2, 0) is 0 Å². The maximum absolute atomic E-state index is 10.1. The second-order valence-corrected chi connectivity index (χ2v) is 2.91. The Labute approximate surface area is 66.1 Å². The first-order valence-electron chi connectivity index (χ1n) is 3.86. The fourth-order valence-electron chi connectivity index (χ4n) is 1.31. The van der Waals surface area contributed by atoms with Crippen LogP contribution in [0.2, 0.25) is 0 Å². The SMILES string of the molecule is CC(=N)N1CCC(N=O)CC1. The number of nitrogens with one attached hydrogen (secondary N) is 1. The van der Waals surface area contributed by atoms with E-state index in [2.05, 4.69) is 5.18 Å². The van der Waals surface area contributed by atoms with E-state index >= 15 is 0 Å². The van der Waals surface area contributed by atoms with E-state index < -0.39 is 0 Å². The number of hydrogen-bond donors (Lipinski definition) is 1. The van der Waals surface area contributed by atoms with Gasteiger partial charge in [0.25, 0.3) is 0 Å². The summed E-state index contributed by atoms with van der Waals surface area (Å²) >= 11 is 0. The highest BCUT2D eigenvalue weighted by atomic mass is 16.3. The molecule has 1 fully saturated rings. The zero-order valence-electron chi connectivity index (χ0n) is 6.71. The van der Waals surface area contributed by atoms with Gasteiger partial charge in [0.2, 0.25) is 0 Å². The lowest BCUT2D eigenvalue weighted by atomic mass is 10.1. The summed E-state index contributed by atoms with van der Waals surface area (Å²) < 4.78 is 0. The third-order valence-electron chi connectivity index (χ3n) is 2.09. The van der Waals surface area contributed by atoms with Gasteiger partial charge in [-0.3, -0.25) is 5.41 Å². The zero-order chi connectivity index (χ0) is 8.27. The molecule has 0 aromatic heterocycles. The third-order valence-corrected chi connectivity index (χ3v) is 2.09. The predicted molar refractivity (Wildman–Crippen MR) is 43.8 cm³/mol. The van der Waals surface area contributed by atoms with E-state index in [0.717, 1.165) is 25.9 Å². The molecule has 1 aliphatic rings. The Balaban J connectivity index is 2.35. The highest BCUT2D eigenvalue weighted by molar-refractivity contribution is 5.76. The molecular weight excluding hydrogens is 142 g/mol. The molecule has 0 aliphatic carbocycles. The summed E-state index contributed by atoms with van der Waals surface area (Å²) in [5, 5.41) is 10.3. The molecular formula is C7H13N3O. The van der Waals surface area contributed by atoms with Crippen molar-refractivity contribution < 1.29 is 0 Å². The lowest BCUT2D eigenvalue weighted by molar-refractivity contribution is 0.311. The van der Waals surface area contributed by atoms with Gasteiger partial charge in [-0.1, -0.05) is 5.18 Å². The standard InChI is InChI=1S/C7H13N3O/c1-6(8)10-4-2-7(9-11)3-5-10/h7-8H,2-5H2,1H3. The third kappa shape index (κ3) is 2.00. The van der Waals surface area contributed by atoms with Gasteiger partial charge in [0.1, 0.15) is 0 Å². The Morgan fingerprint density at radius 3 is 2.45 bits per heavy atom. The molecule has 0 amide bonds. The van der Waals surface area contributed by atoms with Gasteiger partial charge in [0, 0.05) is 13.1 Å². The highest BCUT2D eigenvalue weighted by Gasteiger charge is 2.19. The molecule has 1 rings (SSSR count). The van der Waals surface area contributed by atoms with Crippen LogP contribution < -0.4 is 0 Å². The summed E-state index contributed by atoms with van der Waals surface area (Å²) in [6, 6.07) is -0.00870. The van der Waals surface area contributed by atoms with Gasteiger partial charge in [0.05, 0.1) is 11.9 Å². The number of rotatable bonds is 1. The molecule has 0 atom stereocenters. The topological polar surface area (TPSA) is 56.5 Å². The van der Waals surface area contributed by atoms with Crippen LogP contribution in [0.5, 0.6) is 0 Å². The van der Waals surface area contributed by atoms with Crippen molar-refractivity contribution in [3.8, 4) is 0 Å². The number of likely N-dealkylation sites (tertiary alicyclic amines) is 1. The van der Waals surface area contributed by atoms with Crippen LogP contribution in [0.1, 0.15) is 19.8 Å². The molecule has 0 spiro atoms. The molecule has 62 valence electrons. The monoisotopic (exact) mass is 155 g/mol. The first-order chi connectivity index (χ1) is 5.24. The molecule has 0 aromatic carbocycles. The van der Waals surface area contributed by atoms with Crippen LogP contribution in [0.4, 0.5) is 0 Å². The fraction of sp³-hybridized carbons (Fsp3) is 0.857. The summed E-state index contributed by atoms with van der Waals surface area (Å²) in [7, 11) is 0. The van der Waals surface area contributed by atoms with Crippen molar-refractivity contribution in [1.29, 1.82) is 5.41 Å². The van der Waals surface area contributed by atoms with E-state index in [1.807, 2.05) is 4.90 Å². The zero-order valence-corrected chi connectivity index (χ0v) is 6.71. The smallest absolute Gasteiger partial charge is 0.0953 e. The van der Waals surface area contributed by atoms with E-state index in [0.29, 0.717) is 5.84 Å². The maximum Gasteiger partial charge on any atom is 0.0953 e. The second-order valence-electron chi connectivity index (χ2n) is 2.91. The fourth-order valence-corrected chi connectivity index (χ4v) is 1.31. The van der Waals surface area contributed by atoms with Crippen LogP contribution in [-0.4, -0.2) is 29.9 Å². The lowest BCUT2D eigenvalue weighted by Crippen LogP contribution is -2.37. The van der Waals surface area contributed by atoms with Crippen LogP contribution >= 0.6 is 0 Å². The van der Waals surface area contributed by atoms with Gasteiger partial charge >= 0.3 is 0 Å². The van der Waals surface area contributed by atoms with Crippen molar-refractivity contribution >= 4 is 5.84 Å². The lowest BCUT2D eigenvalue weighted by Gasteiger charge is -2.29. The Hall–Kier alpha value is -0.930. The van der Waals surface area contributed by atoms with Crippen molar-refractivity contribution in [1.82, 2.24) is 4.90 Å². The molecule has 1 saturated heterocycles. The van der Waals surface area contributed by atoms with Crippen molar-refractivity contribution in [3.05, 3.63) is 4.91 Å². The first-order valence-corrected chi connectivity index (χ1v) is 3.86. The molecule has 4 heteroatoms. The summed E-state index contributed by atoms with van der Waals surface area (Å²) in [4.78, 5) is 12.1. The Bertz CT molecular complexity index is 161. The largest absolute Gasteiger partial charge is 0.361 e. The van der Waals surface area contributed by atoms with E-state index in [9.17, 15) is 4.91 Å². The summed E-state index contributed by atoms with van der Waals surface area (Å²) in [6.07, 6.45) is 1.61. The van der Waals surface area contributed by atoms with Crippen LogP contribution in [0.3, 0.4) is 0 Å². The Morgan fingerprint density at radius 2 is 2.09 bits per heavy atom. The van der Waals surface area contributed by atoms with Gasteiger partial charge in [0.15, 0.2) is 0 Å². The number of nitrogens with zero attached hydrogens (tertiary/aromatic N) is 2. The highest BCUT2D eigenvalue weighted by Crippen LogP contribution is 2.12. The number of piperidine rings is 1. The Morgan fingerprint density at radius 1 is 1.55 bits per heavy atom. The number of hydrogen-bond acceptors (Lipinski definition) is 3. The average Bonchev–Trinajstić information content (AvgIpc) is 2.05. The normalized spacial score (nSPS) is 19.9.